The fourth-order valence-corrected chi connectivity index (χ4v) is 2.96. The molecule has 0 saturated carbocycles. The summed E-state index contributed by atoms with van der Waals surface area (Å²) in [4.78, 5) is 38.2. The van der Waals surface area contributed by atoms with Gasteiger partial charge in [0.2, 0.25) is 5.91 Å². The third-order valence-electron chi connectivity index (χ3n) is 4.86. The summed E-state index contributed by atoms with van der Waals surface area (Å²) < 4.78 is 5.43. The summed E-state index contributed by atoms with van der Waals surface area (Å²) in [6.07, 6.45) is 0.492. The molecule has 162 valence electrons. The molecule has 1 aliphatic heterocycles. The summed E-state index contributed by atoms with van der Waals surface area (Å²) in [6.45, 7) is 3.79. The molecule has 1 heterocycles. The van der Waals surface area contributed by atoms with Gasteiger partial charge < -0.3 is 15.0 Å². The van der Waals surface area contributed by atoms with Crippen LogP contribution in [0.2, 0.25) is 0 Å². The van der Waals surface area contributed by atoms with E-state index in [0.29, 0.717) is 17.1 Å². The van der Waals surface area contributed by atoms with Gasteiger partial charge >= 0.3 is 0 Å². The van der Waals surface area contributed by atoms with Crippen LogP contribution in [0, 0.1) is 13.8 Å². The van der Waals surface area contributed by atoms with Crippen molar-refractivity contribution >= 4 is 34.8 Å². The van der Waals surface area contributed by atoms with Crippen LogP contribution >= 0.6 is 0 Å². The third kappa shape index (κ3) is 5.48. The molecule has 0 aromatic heterocycles. The Balaban J connectivity index is 1.69. The summed E-state index contributed by atoms with van der Waals surface area (Å²) in [7, 11) is 3.32. The molecule has 1 aliphatic rings. The van der Waals surface area contributed by atoms with E-state index in [2.05, 4.69) is 10.4 Å². The van der Waals surface area contributed by atoms with Crippen molar-refractivity contribution < 1.29 is 19.1 Å². The van der Waals surface area contributed by atoms with E-state index in [1.54, 1.807) is 38.4 Å². The van der Waals surface area contributed by atoms with E-state index in [1.807, 2.05) is 32.0 Å². The normalized spacial score (nSPS) is 13.5. The van der Waals surface area contributed by atoms with Crippen molar-refractivity contribution in [3.63, 3.8) is 0 Å². The first-order chi connectivity index (χ1) is 14.7. The predicted octanol–water partition coefficient (Wildman–Crippen LogP) is 2.89. The minimum absolute atomic E-state index is 0.0578. The highest BCUT2D eigenvalue weighted by Gasteiger charge is 2.26. The van der Waals surface area contributed by atoms with E-state index < -0.39 is 0 Å². The van der Waals surface area contributed by atoms with Crippen LogP contribution in [-0.4, -0.2) is 49.0 Å². The van der Waals surface area contributed by atoms with Crippen LogP contribution in [0.3, 0.4) is 0 Å². The average Bonchev–Trinajstić information content (AvgIpc) is 2.75. The predicted molar refractivity (Wildman–Crippen MR) is 119 cm³/mol. The molecule has 0 unspecified atom stereocenters. The highest BCUT2D eigenvalue weighted by molar-refractivity contribution is 6.44. The van der Waals surface area contributed by atoms with E-state index in [-0.39, 0.29) is 42.9 Å². The van der Waals surface area contributed by atoms with E-state index in [1.165, 1.54) is 9.91 Å². The van der Waals surface area contributed by atoms with E-state index in [0.717, 1.165) is 11.1 Å². The summed E-state index contributed by atoms with van der Waals surface area (Å²) in [6, 6.07) is 12.5. The molecule has 0 fully saturated rings. The smallest absolute Gasteiger partial charge is 0.271 e. The Bertz CT molecular complexity index is 1030. The zero-order valence-electron chi connectivity index (χ0n) is 18.1. The number of anilines is 2. The number of ether oxygens (including phenoxy) is 1. The van der Waals surface area contributed by atoms with E-state index in [4.69, 9.17) is 4.74 Å². The van der Waals surface area contributed by atoms with Gasteiger partial charge in [-0.15, -0.1) is 0 Å². The molecular weight excluding hydrogens is 396 g/mol. The number of benzene rings is 2. The molecule has 0 aliphatic carbocycles. The van der Waals surface area contributed by atoms with Crippen LogP contribution in [0.15, 0.2) is 47.6 Å². The van der Waals surface area contributed by atoms with Crippen LogP contribution in [0.1, 0.15) is 24.0 Å². The third-order valence-corrected chi connectivity index (χ3v) is 4.86. The highest BCUT2D eigenvalue weighted by Crippen LogP contribution is 2.26. The lowest BCUT2D eigenvalue weighted by atomic mass is 10.1. The van der Waals surface area contributed by atoms with Crippen LogP contribution in [-0.2, 0) is 14.4 Å². The molecule has 0 atom stereocenters. The van der Waals surface area contributed by atoms with Gasteiger partial charge in [-0.1, -0.05) is 12.1 Å². The monoisotopic (exact) mass is 422 g/mol. The second-order valence-corrected chi connectivity index (χ2v) is 7.60. The Morgan fingerprint density at radius 3 is 2.48 bits per heavy atom. The van der Waals surface area contributed by atoms with Crippen LogP contribution in [0.5, 0.6) is 5.75 Å². The maximum Gasteiger partial charge on any atom is 0.271 e. The second-order valence-electron chi connectivity index (χ2n) is 7.60. The minimum Gasteiger partial charge on any atom is -0.484 e. The molecule has 0 radical (unpaired) electrons. The van der Waals surface area contributed by atoms with Crippen molar-refractivity contribution in [2.45, 2.75) is 26.7 Å². The first-order valence-electron chi connectivity index (χ1n) is 9.96. The maximum atomic E-state index is 12.7. The van der Waals surface area contributed by atoms with Gasteiger partial charge in [0.15, 0.2) is 6.61 Å². The van der Waals surface area contributed by atoms with Gasteiger partial charge in [-0.05, 0) is 55.3 Å². The van der Waals surface area contributed by atoms with E-state index >= 15 is 0 Å². The molecule has 31 heavy (non-hydrogen) atoms. The molecular formula is C23H26N4O4. The Morgan fingerprint density at radius 1 is 1.10 bits per heavy atom. The van der Waals surface area contributed by atoms with Crippen molar-refractivity contribution in [1.82, 2.24) is 4.90 Å². The second kappa shape index (κ2) is 9.42. The zero-order chi connectivity index (χ0) is 22.5. The van der Waals surface area contributed by atoms with Crippen molar-refractivity contribution in [3.8, 4) is 5.75 Å². The Morgan fingerprint density at radius 2 is 1.81 bits per heavy atom. The van der Waals surface area contributed by atoms with Crippen molar-refractivity contribution in [2.75, 3.05) is 31.0 Å². The molecule has 2 aromatic carbocycles. The van der Waals surface area contributed by atoms with Gasteiger partial charge in [0.1, 0.15) is 11.5 Å². The SMILES string of the molecule is Cc1ccc(C)c(N2N=C(C(=O)Nc3ccc(OCC(=O)N(C)C)cc3)CCC2=O)c1. The fourth-order valence-electron chi connectivity index (χ4n) is 2.96. The standard InChI is InChI=1S/C23H26N4O4/c1-15-5-6-16(2)20(13-15)27-21(28)12-11-19(25-27)23(30)24-17-7-9-18(10-8-17)31-14-22(29)26(3)4/h5-10,13H,11-12,14H2,1-4H3,(H,24,30). The fraction of sp³-hybridized carbons (Fsp3) is 0.304. The van der Waals surface area contributed by atoms with Gasteiger partial charge in [0, 0.05) is 32.6 Å². The number of likely N-dealkylation sites (N-methyl/N-ethyl adjacent to an activating group) is 1. The number of rotatable bonds is 6. The molecule has 8 nitrogen and oxygen atoms in total. The largest absolute Gasteiger partial charge is 0.484 e. The first-order valence-corrected chi connectivity index (χ1v) is 9.96. The lowest BCUT2D eigenvalue weighted by molar-refractivity contribution is -0.130. The van der Waals surface area contributed by atoms with E-state index in [9.17, 15) is 14.4 Å². The Labute approximate surface area is 181 Å². The lowest BCUT2D eigenvalue weighted by Crippen LogP contribution is -2.36. The molecule has 0 spiro atoms. The number of carbonyl (C=O) groups is 3. The molecule has 0 saturated heterocycles. The van der Waals surface area contributed by atoms with Gasteiger partial charge in [-0.3, -0.25) is 14.4 Å². The maximum absolute atomic E-state index is 12.7. The Kier molecular flexibility index (Phi) is 6.69. The van der Waals surface area contributed by atoms with Gasteiger partial charge in [0.05, 0.1) is 5.69 Å². The van der Waals surface area contributed by atoms with Crippen LogP contribution in [0.4, 0.5) is 11.4 Å². The number of hydrogen-bond acceptors (Lipinski definition) is 5. The summed E-state index contributed by atoms with van der Waals surface area (Å²) in [5, 5.41) is 8.45. The molecule has 1 N–H and O–H groups in total. The average molecular weight is 422 g/mol. The molecule has 0 bridgehead atoms. The van der Waals surface area contributed by atoms with Gasteiger partial charge in [-0.2, -0.15) is 5.10 Å². The molecule has 3 amide bonds. The number of nitrogens with one attached hydrogen (secondary N) is 1. The first kappa shape index (κ1) is 22.0. The number of aryl methyl sites for hydroxylation is 2. The zero-order valence-corrected chi connectivity index (χ0v) is 18.1. The topological polar surface area (TPSA) is 91.3 Å². The van der Waals surface area contributed by atoms with Gasteiger partial charge in [0.25, 0.3) is 11.8 Å². The van der Waals surface area contributed by atoms with Crippen LogP contribution < -0.4 is 15.1 Å². The molecule has 2 aromatic rings. The number of hydrogen-bond donors (Lipinski definition) is 1. The Hall–Kier alpha value is -3.68. The van der Waals surface area contributed by atoms with Crippen molar-refractivity contribution in [2.24, 2.45) is 5.10 Å². The molecule has 3 rings (SSSR count). The summed E-state index contributed by atoms with van der Waals surface area (Å²) in [5.74, 6) is -0.121. The van der Waals surface area contributed by atoms with Gasteiger partial charge in [-0.25, -0.2) is 5.01 Å². The van der Waals surface area contributed by atoms with Crippen molar-refractivity contribution in [3.05, 3.63) is 53.6 Å². The highest BCUT2D eigenvalue weighted by atomic mass is 16.5. The summed E-state index contributed by atoms with van der Waals surface area (Å²) in [5.41, 5.74) is 3.46. The molecule has 8 heteroatoms. The minimum atomic E-state index is -0.362. The number of hydrazone groups is 1. The van der Waals surface area contributed by atoms with Crippen LogP contribution in [0.25, 0.3) is 0 Å². The lowest BCUT2D eigenvalue weighted by Gasteiger charge is -2.24. The van der Waals surface area contributed by atoms with Crippen molar-refractivity contribution in [1.29, 1.82) is 0 Å². The number of amides is 3. The number of nitrogens with zero attached hydrogens (tertiary/aromatic N) is 3. The number of carbonyl (C=O) groups excluding carboxylic acids is 3. The quantitative estimate of drug-likeness (QED) is 0.775. The summed E-state index contributed by atoms with van der Waals surface area (Å²) >= 11 is 0.